The van der Waals surface area contributed by atoms with E-state index in [1.54, 1.807) is 12.1 Å². The molecule has 1 aliphatic rings. The standard InChI is InChI=1S/C17H25NO4S/c1-13-8-9-16(10-14(13)2)23(20,21)18-11-17(19)22-12-15-6-4-3-5-7-15/h8-10,15,18H,3-7,11-12H2,1-2H3. The van der Waals surface area contributed by atoms with Crippen LogP contribution in [0.5, 0.6) is 0 Å². The molecule has 1 fully saturated rings. The lowest BCUT2D eigenvalue weighted by atomic mass is 9.90. The Balaban J connectivity index is 1.83. The SMILES string of the molecule is Cc1ccc(S(=O)(=O)NCC(=O)OCC2CCCCC2)cc1C. The van der Waals surface area contributed by atoms with Crippen LogP contribution in [0.2, 0.25) is 0 Å². The van der Waals surface area contributed by atoms with Crippen LogP contribution >= 0.6 is 0 Å². The number of hydrogen-bond donors (Lipinski definition) is 1. The molecule has 5 nitrogen and oxygen atoms in total. The fraction of sp³-hybridized carbons (Fsp3) is 0.588. The van der Waals surface area contributed by atoms with Crippen molar-refractivity contribution in [3.05, 3.63) is 29.3 Å². The number of esters is 1. The number of rotatable bonds is 6. The average Bonchev–Trinajstić information content (AvgIpc) is 2.54. The molecule has 1 aromatic rings. The maximum absolute atomic E-state index is 12.2. The van der Waals surface area contributed by atoms with Crippen molar-refractivity contribution in [1.29, 1.82) is 0 Å². The molecule has 128 valence electrons. The predicted molar refractivity (Wildman–Crippen MR) is 88.6 cm³/mol. The normalized spacial score (nSPS) is 16.3. The second kappa shape index (κ2) is 7.93. The van der Waals surface area contributed by atoms with E-state index in [4.69, 9.17) is 4.74 Å². The molecule has 0 aromatic heterocycles. The zero-order valence-electron chi connectivity index (χ0n) is 13.8. The summed E-state index contributed by atoms with van der Waals surface area (Å²) in [6.45, 7) is 3.83. The van der Waals surface area contributed by atoms with Crippen molar-refractivity contribution in [1.82, 2.24) is 4.72 Å². The molecule has 0 aliphatic heterocycles. The molecular formula is C17H25NO4S. The first-order valence-corrected chi connectivity index (χ1v) is 9.59. The number of carbonyl (C=O) groups is 1. The summed E-state index contributed by atoms with van der Waals surface area (Å²) in [5.74, 6) is -0.105. The van der Waals surface area contributed by atoms with E-state index >= 15 is 0 Å². The lowest BCUT2D eigenvalue weighted by Crippen LogP contribution is -2.31. The van der Waals surface area contributed by atoms with Crippen LogP contribution in [-0.2, 0) is 19.6 Å². The number of aryl methyl sites for hydroxylation is 2. The molecular weight excluding hydrogens is 314 g/mol. The fourth-order valence-corrected chi connectivity index (χ4v) is 3.79. The molecule has 0 bridgehead atoms. The van der Waals surface area contributed by atoms with Gasteiger partial charge in [0, 0.05) is 0 Å². The average molecular weight is 339 g/mol. The molecule has 1 saturated carbocycles. The highest BCUT2D eigenvalue weighted by Crippen LogP contribution is 2.23. The molecule has 2 rings (SSSR count). The summed E-state index contributed by atoms with van der Waals surface area (Å²) in [4.78, 5) is 11.9. The molecule has 0 amide bonds. The van der Waals surface area contributed by atoms with Crippen molar-refractivity contribution >= 4 is 16.0 Å². The summed E-state index contributed by atoms with van der Waals surface area (Å²) in [5, 5.41) is 0. The van der Waals surface area contributed by atoms with Gasteiger partial charge in [-0.2, -0.15) is 4.72 Å². The van der Waals surface area contributed by atoms with Crippen molar-refractivity contribution < 1.29 is 17.9 Å². The second-order valence-corrected chi connectivity index (χ2v) is 8.02. The summed E-state index contributed by atoms with van der Waals surface area (Å²) < 4.78 is 31.9. The summed E-state index contributed by atoms with van der Waals surface area (Å²) in [6.07, 6.45) is 5.78. The van der Waals surface area contributed by atoms with Gasteiger partial charge in [0.05, 0.1) is 11.5 Å². The first-order valence-electron chi connectivity index (χ1n) is 8.11. The van der Waals surface area contributed by atoms with Gasteiger partial charge >= 0.3 is 5.97 Å². The first-order chi connectivity index (χ1) is 10.9. The number of hydrogen-bond acceptors (Lipinski definition) is 4. The largest absolute Gasteiger partial charge is 0.464 e. The number of carbonyl (C=O) groups excluding carboxylic acids is 1. The monoisotopic (exact) mass is 339 g/mol. The van der Waals surface area contributed by atoms with Crippen LogP contribution in [0.3, 0.4) is 0 Å². The van der Waals surface area contributed by atoms with Crippen LogP contribution < -0.4 is 4.72 Å². The van der Waals surface area contributed by atoms with Gasteiger partial charge in [0.1, 0.15) is 6.54 Å². The molecule has 23 heavy (non-hydrogen) atoms. The van der Waals surface area contributed by atoms with E-state index in [1.165, 1.54) is 25.3 Å². The Morgan fingerprint density at radius 2 is 1.87 bits per heavy atom. The summed E-state index contributed by atoms with van der Waals surface area (Å²) in [5.41, 5.74) is 1.92. The van der Waals surface area contributed by atoms with E-state index in [9.17, 15) is 13.2 Å². The Kier molecular flexibility index (Phi) is 6.18. The van der Waals surface area contributed by atoms with E-state index in [0.717, 1.165) is 24.0 Å². The van der Waals surface area contributed by atoms with Gasteiger partial charge in [-0.05, 0) is 55.9 Å². The van der Waals surface area contributed by atoms with Gasteiger partial charge in [-0.25, -0.2) is 8.42 Å². The zero-order valence-corrected chi connectivity index (χ0v) is 14.6. The summed E-state index contributed by atoms with van der Waals surface area (Å²) >= 11 is 0. The minimum Gasteiger partial charge on any atom is -0.464 e. The fourth-order valence-electron chi connectivity index (χ4n) is 2.73. The Labute approximate surface area is 138 Å². The van der Waals surface area contributed by atoms with E-state index in [1.807, 2.05) is 13.8 Å². The van der Waals surface area contributed by atoms with Gasteiger partial charge in [-0.15, -0.1) is 0 Å². The number of ether oxygens (including phenoxy) is 1. The van der Waals surface area contributed by atoms with E-state index < -0.39 is 16.0 Å². The number of benzene rings is 1. The van der Waals surface area contributed by atoms with Crippen LogP contribution in [-0.4, -0.2) is 27.5 Å². The first kappa shape index (κ1) is 17.9. The minimum atomic E-state index is -3.69. The van der Waals surface area contributed by atoms with Gasteiger partial charge in [0.15, 0.2) is 0 Å². The highest BCUT2D eigenvalue weighted by molar-refractivity contribution is 7.89. The quantitative estimate of drug-likeness (QED) is 0.809. The molecule has 1 aromatic carbocycles. The van der Waals surface area contributed by atoms with Crippen molar-refractivity contribution in [2.24, 2.45) is 5.92 Å². The lowest BCUT2D eigenvalue weighted by molar-refractivity contribution is -0.143. The third kappa shape index (κ3) is 5.32. The molecule has 0 heterocycles. The van der Waals surface area contributed by atoms with E-state index in [2.05, 4.69) is 4.72 Å². The van der Waals surface area contributed by atoms with Gasteiger partial charge in [0.25, 0.3) is 0 Å². The van der Waals surface area contributed by atoms with Gasteiger partial charge in [-0.3, -0.25) is 4.79 Å². The Morgan fingerprint density at radius 3 is 2.52 bits per heavy atom. The summed E-state index contributed by atoms with van der Waals surface area (Å²) in [6, 6.07) is 4.90. The molecule has 1 N–H and O–H groups in total. The van der Waals surface area contributed by atoms with Crippen molar-refractivity contribution in [2.75, 3.05) is 13.2 Å². The van der Waals surface area contributed by atoms with Crippen LogP contribution in [0.15, 0.2) is 23.1 Å². The molecule has 0 unspecified atom stereocenters. The van der Waals surface area contributed by atoms with Gasteiger partial charge in [0.2, 0.25) is 10.0 Å². The molecule has 0 spiro atoms. The smallest absolute Gasteiger partial charge is 0.321 e. The van der Waals surface area contributed by atoms with Crippen molar-refractivity contribution in [3.63, 3.8) is 0 Å². The Hall–Kier alpha value is -1.40. The van der Waals surface area contributed by atoms with E-state index in [0.29, 0.717) is 12.5 Å². The molecule has 0 radical (unpaired) electrons. The Bertz CT molecular complexity index is 649. The van der Waals surface area contributed by atoms with Crippen LogP contribution in [0.4, 0.5) is 0 Å². The maximum atomic E-state index is 12.2. The second-order valence-electron chi connectivity index (χ2n) is 6.26. The lowest BCUT2D eigenvalue weighted by Gasteiger charge is -2.21. The van der Waals surface area contributed by atoms with Gasteiger partial charge < -0.3 is 4.74 Å². The van der Waals surface area contributed by atoms with Crippen LogP contribution in [0, 0.1) is 19.8 Å². The zero-order chi connectivity index (χ0) is 16.9. The molecule has 1 aliphatic carbocycles. The number of nitrogens with one attached hydrogen (secondary N) is 1. The third-order valence-electron chi connectivity index (χ3n) is 4.40. The third-order valence-corrected chi connectivity index (χ3v) is 5.80. The summed E-state index contributed by atoms with van der Waals surface area (Å²) in [7, 11) is -3.69. The molecule has 0 saturated heterocycles. The minimum absolute atomic E-state index is 0.167. The molecule has 6 heteroatoms. The Morgan fingerprint density at radius 1 is 1.17 bits per heavy atom. The van der Waals surface area contributed by atoms with Crippen LogP contribution in [0.25, 0.3) is 0 Å². The van der Waals surface area contributed by atoms with Crippen LogP contribution in [0.1, 0.15) is 43.2 Å². The number of sulfonamides is 1. The predicted octanol–water partition coefficient (Wildman–Crippen LogP) is 2.71. The maximum Gasteiger partial charge on any atom is 0.321 e. The van der Waals surface area contributed by atoms with E-state index in [-0.39, 0.29) is 11.4 Å². The molecule has 0 atom stereocenters. The topological polar surface area (TPSA) is 72.5 Å². The highest BCUT2D eigenvalue weighted by atomic mass is 32.2. The van der Waals surface area contributed by atoms with Crippen molar-refractivity contribution in [3.8, 4) is 0 Å². The highest BCUT2D eigenvalue weighted by Gasteiger charge is 2.18. The van der Waals surface area contributed by atoms with Crippen molar-refractivity contribution in [2.45, 2.75) is 50.8 Å². The van der Waals surface area contributed by atoms with Gasteiger partial charge in [-0.1, -0.05) is 25.3 Å².